The quantitative estimate of drug-likeness (QED) is 0.528. The molecular formula is C19H12Cl2O. The van der Waals surface area contributed by atoms with Crippen molar-refractivity contribution >= 4 is 29.5 Å². The molecule has 3 aromatic rings. The van der Waals surface area contributed by atoms with E-state index in [1.54, 1.807) is 0 Å². The smallest absolute Gasteiger partial charge is 0.150 e. The van der Waals surface area contributed by atoms with E-state index in [0.717, 1.165) is 28.5 Å². The molecule has 22 heavy (non-hydrogen) atoms. The average molecular weight is 327 g/mol. The van der Waals surface area contributed by atoms with Crippen molar-refractivity contribution in [2.24, 2.45) is 0 Å². The van der Waals surface area contributed by atoms with Crippen LogP contribution in [0.25, 0.3) is 22.3 Å². The molecule has 1 nitrogen and oxygen atoms in total. The van der Waals surface area contributed by atoms with E-state index in [4.69, 9.17) is 23.2 Å². The third-order valence-corrected chi connectivity index (χ3v) is 3.95. The Morgan fingerprint density at radius 1 is 0.591 bits per heavy atom. The van der Waals surface area contributed by atoms with Crippen LogP contribution < -0.4 is 0 Å². The fourth-order valence-corrected chi connectivity index (χ4v) is 2.59. The van der Waals surface area contributed by atoms with Gasteiger partial charge in [-0.3, -0.25) is 4.79 Å². The van der Waals surface area contributed by atoms with Crippen LogP contribution in [0.3, 0.4) is 0 Å². The van der Waals surface area contributed by atoms with Crippen LogP contribution in [0.15, 0.2) is 66.7 Å². The zero-order chi connectivity index (χ0) is 15.5. The van der Waals surface area contributed by atoms with Crippen LogP contribution in [0, 0.1) is 0 Å². The predicted octanol–water partition coefficient (Wildman–Crippen LogP) is 6.14. The molecule has 0 fully saturated rings. The van der Waals surface area contributed by atoms with Gasteiger partial charge in [-0.25, -0.2) is 0 Å². The van der Waals surface area contributed by atoms with Crippen LogP contribution in [0.4, 0.5) is 0 Å². The largest absolute Gasteiger partial charge is 0.298 e. The highest BCUT2D eigenvalue weighted by Crippen LogP contribution is 2.29. The monoisotopic (exact) mass is 326 g/mol. The Bertz CT molecular complexity index is 742. The Morgan fingerprint density at radius 3 is 1.36 bits per heavy atom. The van der Waals surface area contributed by atoms with Crippen molar-refractivity contribution in [2.45, 2.75) is 0 Å². The van der Waals surface area contributed by atoms with E-state index in [-0.39, 0.29) is 0 Å². The van der Waals surface area contributed by atoms with Gasteiger partial charge in [0.15, 0.2) is 0 Å². The number of hydrogen-bond donors (Lipinski definition) is 0. The number of carbonyl (C=O) groups is 1. The van der Waals surface area contributed by atoms with Crippen LogP contribution >= 0.6 is 23.2 Å². The first kappa shape index (κ1) is 14.8. The molecule has 3 aromatic carbocycles. The van der Waals surface area contributed by atoms with E-state index in [9.17, 15) is 4.79 Å². The third kappa shape index (κ3) is 3.22. The highest BCUT2D eigenvalue weighted by Gasteiger charge is 2.05. The van der Waals surface area contributed by atoms with E-state index in [2.05, 4.69) is 6.07 Å². The summed E-state index contributed by atoms with van der Waals surface area (Å²) in [5.41, 5.74) is 4.63. The van der Waals surface area contributed by atoms with Crippen molar-refractivity contribution in [1.82, 2.24) is 0 Å². The lowest BCUT2D eigenvalue weighted by atomic mass is 9.96. The molecule has 0 radical (unpaired) electrons. The number of carbonyl (C=O) groups excluding carboxylic acids is 1. The molecule has 0 N–H and O–H groups in total. The van der Waals surface area contributed by atoms with Crippen molar-refractivity contribution in [3.8, 4) is 22.3 Å². The van der Waals surface area contributed by atoms with Crippen LogP contribution in [-0.4, -0.2) is 6.29 Å². The van der Waals surface area contributed by atoms with E-state index >= 15 is 0 Å². The number of halogens is 2. The summed E-state index contributed by atoms with van der Waals surface area (Å²) >= 11 is 11.9. The summed E-state index contributed by atoms with van der Waals surface area (Å²) < 4.78 is 0. The van der Waals surface area contributed by atoms with E-state index in [1.807, 2.05) is 60.7 Å². The minimum atomic E-state index is 0.636. The van der Waals surface area contributed by atoms with Crippen LogP contribution in [0.5, 0.6) is 0 Å². The van der Waals surface area contributed by atoms with Crippen LogP contribution in [-0.2, 0) is 0 Å². The van der Waals surface area contributed by atoms with E-state index < -0.39 is 0 Å². The lowest BCUT2D eigenvalue weighted by Crippen LogP contribution is -1.87. The van der Waals surface area contributed by atoms with Gasteiger partial charge in [0, 0.05) is 15.6 Å². The molecule has 0 bridgehead atoms. The molecule has 108 valence electrons. The normalized spacial score (nSPS) is 10.5. The van der Waals surface area contributed by atoms with Crippen molar-refractivity contribution in [3.05, 3.63) is 82.3 Å². The highest BCUT2D eigenvalue weighted by atomic mass is 35.5. The second-order valence-corrected chi connectivity index (χ2v) is 5.85. The standard InChI is InChI=1S/C19H12Cl2O/c20-18-5-1-14(2-6-18)16-9-13(12-22)10-17(11-16)15-3-7-19(21)8-4-15/h1-12H. The SMILES string of the molecule is O=Cc1cc(-c2ccc(Cl)cc2)cc(-c2ccc(Cl)cc2)c1. The molecule has 0 unspecified atom stereocenters. The number of hydrogen-bond acceptors (Lipinski definition) is 1. The van der Waals surface area contributed by atoms with Gasteiger partial charge in [-0.05, 0) is 64.7 Å². The second kappa shape index (κ2) is 6.35. The van der Waals surface area contributed by atoms with Gasteiger partial charge in [0.1, 0.15) is 6.29 Å². The second-order valence-electron chi connectivity index (χ2n) is 4.98. The third-order valence-electron chi connectivity index (χ3n) is 3.45. The van der Waals surface area contributed by atoms with E-state index in [0.29, 0.717) is 15.6 Å². The molecule has 0 saturated heterocycles. The molecule has 0 saturated carbocycles. The topological polar surface area (TPSA) is 17.1 Å². The Morgan fingerprint density at radius 2 is 1.00 bits per heavy atom. The summed E-state index contributed by atoms with van der Waals surface area (Å²) in [6.07, 6.45) is 0.860. The van der Waals surface area contributed by atoms with Crippen LogP contribution in [0.1, 0.15) is 10.4 Å². The van der Waals surface area contributed by atoms with Gasteiger partial charge >= 0.3 is 0 Å². The van der Waals surface area contributed by atoms with Gasteiger partial charge in [0.25, 0.3) is 0 Å². The molecule has 0 heterocycles. The number of rotatable bonds is 3. The number of aldehydes is 1. The summed E-state index contributed by atoms with van der Waals surface area (Å²) in [6.45, 7) is 0. The van der Waals surface area contributed by atoms with Gasteiger partial charge < -0.3 is 0 Å². The van der Waals surface area contributed by atoms with Crippen LogP contribution in [0.2, 0.25) is 10.0 Å². The van der Waals surface area contributed by atoms with Crippen molar-refractivity contribution in [3.63, 3.8) is 0 Å². The minimum absolute atomic E-state index is 0.636. The maximum atomic E-state index is 11.2. The Hall–Kier alpha value is -2.09. The lowest BCUT2D eigenvalue weighted by molar-refractivity contribution is 0.112. The van der Waals surface area contributed by atoms with Gasteiger partial charge in [-0.15, -0.1) is 0 Å². The van der Waals surface area contributed by atoms with Gasteiger partial charge in [0.2, 0.25) is 0 Å². The summed E-state index contributed by atoms with van der Waals surface area (Å²) in [6, 6.07) is 20.9. The highest BCUT2D eigenvalue weighted by molar-refractivity contribution is 6.30. The molecule has 3 heteroatoms. The first-order valence-corrected chi connectivity index (χ1v) is 7.53. The predicted molar refractivity (Wildman–Crippen MR) is 92.7 cm³/mol. The Kier molecular flexibility index (Phi) is 4.28. The first-order valence-electron chi connectivity index (χ1n) is 6.78. The zero-order valence-electron chi connectivity index (χ0n) is 11.6. The summed E-state index contributed by atoms with van der Waals surface area (Å²) in [7, 11) is 0. The van der Waals surface area contributed by atoms with Gasteiger partial charge in [-0.2, -0.15) is 0 Å². The Balaban J connectivity index is 2.12. The molecule has 0 aromatic heterocycles. The van der Waals surface area contributed by atoms with Crippen molar-refractivity contribution in [2.75, 3.05) is 0 Å². The molecule has 0 aliphatic rings. The average Bonchev–Trinajstić information content (AvgIpc) is 2.55. The molecule has 0 aliphatic heterocycles. The van der Waals surface area contributed by atoms with Gasteiger partial charge in [0.05, 0.1) is 0 Å². The van der Waals surface area contributed by atoms with Gasteiger partial charge in [-0.1, -0.05) is 47.5 Å². The van der Waals surface area contributed by atoms with Crippen molar-refractivity contribution < 1.29 is 4.79 Å². The minimum Gasteiger partial charge on any atom is -0.298 e. The maximum absolute atomic E-state index is 11.2. The first-order chi connectivity index (χ1) is 10.7. The Labute approximate surface area is 139 Å². The summed E-state index contributed by atoms with van der Waals surface area (Å²) in [5.74, 6) is 0. The number of benzene rings is 3. The zero-order valence-corrected chi connectivity index (χ0v) is 13.1. The van der Waals surface area contributed by atoms with Crippen molar-refractivity contribution in [1.29, 1.82) is 0 Å². The molecule has 0 amide bonds. The molecule has 0 atom stereocenters. The summed E-state index contributed by atoms with van der Waals surface area (Å²) in [5, 5.41) is 1.38. The summed E-state index contributed by atoms with van der Waals surface area (Å²) in [4.78, 5) is 11.2. The fourth-order valence-electron chi connectivity index (χ4n) is 2.34. The maximum Gasteiger partial charge on any atom is 0.150 e. The fraction of sp³-hybridized carbons (Fsp3) is 0. The molecule has 0 spiro atoms. The van der Waals surface area contributed by atoms with E-state index in [1.165, 1.54) is 0 Å². The molecule has 3 rings (SSSR count). The molecular weight excluding hydrogens is 315 g/mol. The molecule has 0 aliphatic carbocycles. The lowest BCUT2D eigenvalue weighted by Gasteiger charge is -2.08.